The third kappa shape index (κ3) is 4.80. The Morgan fingerprint density at radius 3 is 2.20 bits per heavy atom. The summed E-state index contributed by atoms with van der Waals surface area (Å²) in [5.41, 5.74) is 10.3. The van der Waals surface area contributed by atoms with Gasteiger partial charge in [-0.25, -0.2) is 0 Å². The van der Waals surface area contributed by atoms with Crippen molar-refractivity contribution >= 4 is 49.1 Å². The second kappa shape index (κ2) is 11.6. The number of aryl methyl sites for hydroxylation is 1. The zero-order chi connectivity index (χ0) is 29.8. The summed E-state index contributed by atoms with van der Waals surface area (Å²) in [6.07, 6.45) is 5.43. The maximum absolute atomic E-state index is 4.32. The molecule has 9 aromatic rings. The third-order valence-electron chi connectivity index (χ3n) is 8.38. The van der Waals surface area contributed by atoms with Crippen molar-refractivity contribution in [3.63, 3.8) is 0 Å². The molecular weight excluding hydrogens is 729 g/mol. The Kier molecular flexibility index (Phi) is 7.45. The van der Waals surface area contributed by atoms with Gasteiger partial charge in [-0.3, -0.25) is 0 Å². The molecule has 0 aliphatic heterocycles. The van der Waals surface area contributed by atoms with E-state index in [0.717, 1.165) is 22.5 Å². The van der Waals surface area contributed by atoms with Gasteiger partial charge < -0.3 is 18.5 Å². The van der Waals surface area contributed by atoms with Gasteiger partial charge in [-0.1, -0.05) is 84.0 Å². The summed E-state index contributed by atoms with van der Waals surface area (Å²) in [5, 5.41) is 5.15. The zero-order valence-corrected chi connectivity index (χ0v) is 27.6. The maximum Gasteiger partial charge on any atom is 3.00 e. The normalized spacial score (nSPS) is 11.5. The fraction of sp³-hybridized carbons (Fsp3) is 0.100. The van der Waals surface area contributed by atoms with Crippen molar-refractivity contribution in [2.24, 2.45) is 0 Å². The minimum atomic E-state index is 0. The molecule has 5 aromatic carbocycles. The van der Waals surface area contributed by atoms with E-state index < -0.39 is 0 Å². The van der Waals surface area contributed by atoms with Crippen LogP contribution in [0.2, 0.25) is 0 Å². The predicted octanol–water partition coefficient (Wildman–Crippen LogP) is 9.10. The van der Waals surface area contributed by atoms with Crippen LogP contribution in [0, 0.1) is 25.4 Å². The van der Waals surface area contributed by atoms with E-state index in [0.29, 0.717) is 6.04 Å². The van der Waals surface area contributed by atoms with Crippen molar-refractivity contribution in [3.8, 4) is 16.9 Å². The number of nitrogens with zero attached hydrogens (tertiary/aromatic N) is 4. The van der Waals surface area contributed by atoms with Crippen molar-refractivity contribution in [1.82, 2.24) is 14.0 Å². The van der Waals surface area contributed by atoms with E-state index in [1.807, 2.05) is 43.5 Å². The molecule has 0 N–H and O–H groups in total. The molecule has 0 aliphatic carbocycles. The van der Waals surface area contributed by atoms with E-state index in [1.54, 1.807) is 0 Å². The number of hydrogen-bond donors (Lipinski definition) is 0. The Bertz CT molecular complexity index is 2420. The van der Waals surface area contributed by atoms with Crippen molar-refractivity contribution in [3.05, 3.63) is 145 Å². The average molecular weight is 759 g/mol. The maximum atomic E-state index is 4.32. The Balaban J connectivity index is 0.000000196. The zero-order valence-electron chi connectivity index (χ0n) is 25.2. The monoisotopic (exact) mass is 759 g/mol. The molecule has 0 bridgehead atoms. The van der Waals surface area contributed by atoms with Gasteiger partial charge in [0.1, 0.15) is 0 Å². The first-order valence-electron chi connectivity index (χ1n) is 15.0. The van der Waals surface area contributed by atoms with E-state index >= 15 is 0 Å². The first-order chi connectivity index (χ1) is 21.6. The van der Waals surface area contributed by atoms with Gasteiger partial charge in [-0.15, -0.1) is 41.3 Å². The van der Waals surface area contributed by atoms with Gasteiger partial charge in [0.25, 0.3) is 0 Å². The van der Waals surface area contributed by atoms with Crippen LogP contribution in [0.15, 0.2) is 121 Å². The molecule has 0 atom stereocenters. The number of hydrogen-bond acceptors (Lipinski definition) is 1. The summed E-state index contributed by atoms with van der Waals surface area (Å²) < 4.78 is 6.73. The van der Waals surface area contributed by atoms with Crippen LogP contribution >= 0.6 is 0 Å². The van der Waals surface area contributed by atoms with E-state index in [9.17, 15) is 0 Å². The summed E-state index contributed by atoms with van der Waals surface area (Å²) in [6, 6.07) is 47.2. The number of fused-ring (bicyclic) bond motifs is 7. The number of aromatic nitrogens is 4. The standard InChI is InChI=1S/C28H20N3.C12H10N.Ir/c1-18(2)29-17-30(27-13-6-5-12-26(27)29)19-14-15-25-23(16-19)22-10-7-9-21-20-8-3-4-11-24(20)31(25)28(21)22;1-10-7-8-12(13-9-10)11-5-3-2-4-6-11;/h3-13,15-16,18H,1-2H3;2-5,7-9H,1H3;/q2*-1;+3. The van der Waals surface area contributed by atoms with Crippen LogP contribution in [-0.2, 0) is 20.1 Å². The fourth-order valence-electron chi connectivity index (χ4n) is 6.32. The van der Waals surface area contributed by atoms with Crippen molar-refractivity contribution < 1.29 is 24.7 Å². The molecule has 0 fully saturated rings. The SMILES string of the molecule is CC(C)[n+]1[c-]n(-c2[c-]cc3c(c2)c2cccc4c5ccccc5n3c24)c2ccccc21.Cc1ccc(-c2[c-]cccc2)nc1.[Ir+3]. The Hall–Kier alpha value is -4.83. The topological polar surface area (TPSA) is 26.1 Å². The molecule has 4 aromatic heterocycles. The largest absolute Gasteiger partial charge is 3.00 e. The second-order valence-electron chi connectivity index (χ2n) is 11.6. The van der Waals surface area contributed by atoms with Crippen LogP contribution in [0.25, 0.3) is 66.1 Å². The summed E-state index contributed by atoms with van der Waals surface area (Å²) in [7, 11) is 0. The van der Waals surface area contributed by atoms with Gasteiger partial charge in [0.2, 0.25) is 6.33 Å². The van der Waals surface area contributed by atoms with E-state index in [2.05, 4.69) is 136 Å². The summed E-state index contributed by atoms with van der Waals surface area (Å²) in [5.74, 6) is 0. The van der Waals surface area contributed by atoms with Crippen LogP contribution in [0.1, 0.15) is 25.5 Å². The molecule has 0 radical (unpaired) electrons. The van der Waals surface area contributed by atoms with Crippen LogP contribution in [0.5, 0.6) is 0 Å². The van der Waals surface area contributed by atoms with Gasteiger partial charge in [-0.2, -0.15) is 18.2 Å². The van der Waals surface area contributed by atoms with Crippen molar-refractivity contribution in [2.45, 2.75) is 26.8 Å². The minimum absolute atomic E-state index is 0. The number of para-hydroxylation sites is 4. The van der Waals surface area contributed by atoms with Gasteiger partial charge in [-0.05, 0) is 43.5 Å². The molecule has 0 saturated heterocycles. The van der Waals surface area contributed by atoms with Crippen LogP contribution in [0.4, 0.5) is 0 Å². The molecule has 0 aliphatic rings. The minimum Gasteiger partial charge on any atom is -0.363 e. The van der Waals surface area contributed by atoms with Crippen molar-refractivity contribution in [1.29, 1.82) is 0 Å². The molecule has 0 amide bonds. The van der Waals surface area contributed by atoms with Gasteiger partial charge >= 0.3 is 20.1 Å². The van der Waals surface area contributed by atoms with Gasteiger partial charge in [0, 0.05) is 28.0 Å². The fourth-order valence-corrected chi connectivity index (χ4v) is 6.32. The first-order valence-corrected chi connectivity index (χ1v) is 15.0. The Morgan fingerprint density at radius 1 is 0.711 bits per heavy atom. The summed E-state index contributed by atoms with van der Waals surface area (Å²) >= 11 is 0. The Labute approximate surface area is 275 Å². The average Bonchev–Trinajstić information content (AvgIpc) is 3.73. The molecule has 4 heterocycles. The summed E-state index contributed by atoms with van der Waals surface area (Å²) in [4.78, 5) is 4.32. The first kappa shape index (κ1) is 28.9. The van der Waals surface area contributed by atoms with E-state index in [1.165, 1.54) is 49.2 Å². The van der Waals surface area contributed by atoms with Crippen LogP contribution < -0.4 is 4.57 Å². The van der Waals surface area contributed by atoms with Crippen molar-refractivity contribution in [2.75, 3.05) is 0 Å². The second-order valence-corrected chi connectivity index (χ2v) is 11.6. The van der Waals surface area contributed by atoms with Crippen LogP contribution in [0.3, 0.4) is 0 Å². The molecule has 4 nitrogen and oxygen atoms in total. The quantitative estimate of drug-likeness (QED) is 0.131. The molecular formula is C40H30IrN4+. The molecule has 0 unspecified atom stereocenters. The number of imidazole rings is 1. The number of rotatable bonds is 3. The van der Waals surface area contributed by atoms with Gasteiger partial charge in [0.15, 0.2) is 0 Å². The smallest absolute Gasteiger partial charge is 0.363 e. The molecule has 218 valence electrons. The molecule has 5 heteroatoms. The van der Waals surface area contributed by atoms with E-state index in [4.69, 9.17) is 0 Å². The molecule has 9 rings (SSSR count). The molecule has 45 heavy (non-hydrogen) atoms. The number of pyridine rings is 1. The van der Waals surface area contributed by atoms with E-state index in [-0.39, 0.29) is 20.1 Å². The molecule has 0 spiro atoms. The predicted molar refractivity (Wildman–Crippen MR) is 179 cm³/mol. The van der Waals surface area contributed by atoms with Gasteiger partial charge in [0.05, 0.1) is 17.1 Å². The summed E-state index contributed by atoms with van der Waals surface area (Å²) in [6.45, 7) is 6.42. The Morgan fingerprint density at radius 2 is 1.44 bits per heavy atom. The third-order valence-corrected chi connectivity index (χ3v) is 8.38. The number of benzene rings is 5. The van der Waals surface area contributed by atoms with Crippen LogP contribution in [-0.4, -0.2) is 14.0 Å². The molecule has 0 saturated carbocycles.